The van der Waals surface area contributed by atoms with Crippen LogP contribution < -0.4 is 5.32 Å². The number of nitrogens with one attached hydrogen (secondary N) is 1. The van der Waals surface area contributed by atoms with Gasteiger partial charge in [-0.2, -0.15) is 5.10 Å². The maximum Gasteiger partial charge on any atom is 0.194 e. The number of nitrogens with zero attached hydrogens (tertiary/aromatic N) is 5. The van der Waals surface area contributed by atoms with E-state index in [2.05, 4.69) is 45.8 Å². The summed E-state index contributed by atoms with van der Waals surface area (Å²) in [6.45, 7) is 6.57. The van der Waals surface area contributed by atoms with Crippen LogP contribution in [0.1, 0.15) is 29.6 Å². The number of guanidine groups is 1. The Morgan fingerprint density at radius 1 is 1.46 bits per heavy atom. The zero-order valence-corrected chi connectivity index (χ0v) is 18.0. The first kappa shape index (κ1) is 20.9. The molecule has 0 spiro atoms. The lowest BCUT2D eigenvalue weighted by Gasteiger charge is -2.21. The van der Waals surface area contributed by atoms with Crippen LogP contribution >= 0.6 is 35.3 Å². The Hall–Kier alpha value is -1.16. The molecule has 6 nitrogen and oxygen atoms in total. The number of aliphatic imine (C=N–C) groups is 1. The van der Waals surface area contributed by atoms with Crippen molar-refractivity contribution in [2.45, 2.75) is 33.2 Å². The summed E-state index contributed by atoms with van der Waals surface area (Å²) in [5, 5.41) is 10.8. The van der Waals surface area contributed by atoms with Crippen molar-refractivity contribution in [2.24, 2.45) is 12.0 Å². The second-order valence-electron chi connectivity index (χ2n) is 5.58. The van der Waals surface area contributed by atoms with Gasteiger partial charge < -0.3 is 10.2 Å². The molecule has 24 heavy (non-hydrogen) atoms. The molecule has 8 heteroatoms. The van der Waals surface area contributed by atoms with Gasteiger partial charge in [0.15, 0.2) is 5.96 Å². The summed E-state index contributed by atoms with van der Waals surface area (Å²) < 4.78 is 1.84. The Balaban J connectivity index is 0.00000288. The fourth-order valence-electron chi connectivity index (χ4n) is 2.34. The summed E-state index contributed by atoms with van der Waals surface area (Å²) in [4.78, 5) is 11.4. The largest absolute Gasteiger partial charge is 0.357 e. The van der Waals surface area contributed by atoms with Crippen molar-refractivity contribution >= 4 is 41.3 Å². The van der Waals surface area contributed by atoms with Gasteiger partial charge in [0.2, 0.25) is 0 Å². The Morgan fingerprint density at radius 2 is 2.25 bits per heavy atom. The van der Waals surface area contributed by atoms with Gasteiger partial charge in [-0.3, -0.25) is 9.67 Å². The van der Waals surface area contributed by atoms with E-state index in [0.29, 0.717) is 0 Å². The molecule has 0 aliphatic rings. The lowest BCUT2D eigenvalue weighted by atomic mass is 10.2. The summed E-state index contributed by atoms with van der Waals surface area (Å²) in [5.41, 5.74) is 2.36. The van der Waals surface area contributed by atoms with Crippen molar-refractivity contribution in [2.75, 3.05) is 20.1 Å². The van der Waals surface area contributed by atoms with E-state index in [0.717, 1.165) is 49.1 Å². The Labute approximate surface area is 165 Å². The fourth-order valence-corrected chi connectivity index (χ4v) is 2.94. The third kappa shape index (κ3) is 6.76. The van der Waals surface area contributed by atoms with E-state index in [1.807, 2.05) is 24.9 Å². The average Bonchev–Trinajstić information content (AvgIpc) is 3.11. The zero-order valence-electron chi connectivity index (χ0n) is 14.8. The normalized spacial score (nSPS) is 11.2. The molecule has 0 unspecified atom stereocenters. The minimum atomic E-state index is 0. The molecule has 1 N–H and O–H groups in total. The van der Waals surface area contributed by atoms with Crippen LogP contribution in [0.25, 0.3) is 0 Å². The summed E-state index contributed by atoms with van der Waals surface area (Å²) in [7, 11) is 4.00. The van der Waals surface area contributed by atoms with Crippen LogP contribution in [-0.2, 0) is 20.0 Å². The van der Waals surface area contributed by atoms with Gasteiger partial charge in [-0.1, -0.05) is 0 Å². The molecule has 134 valence electrons. The van der Waals surface area contributed by atoms with Crippen molar-refractivity contribution in [3.63, 3.8) is 0 Å². The predicted octanol–water partition coefficient (Wildman–Crippen LogP) is 2.83. The molecule has 0 atom stereocenters. The highest BCUT2D eigenvalue weighted by molar-refractivity contribution is 14.0. The van der Waals surface area contributed by atoms with Gasteiger partial charge in [-0.25, -0.2) is 4.98 Å². The van der Waals surface area contributed by atoms with E-state index >= 15 is 0 Å². The Morgan fingerprint density at radius 3 is 2.83 bits per heavy atom. The second kappa shape index (κ2) is 10.7. The van der Waals surface area contributed by atoms with E-state index in [-0.39, 0.29) is 24.0 Å². The lowest BCUT2D eigenvalue weighted by Crippen LogP contribution is -2.38. The monoisotopic (exact) mass is 462 g/mol. The number of aromatic nitrogens is 3. The van der Waals surface area contributed by atoms with Crippen molar-refractivity contribution in [3.8, 4) is 0 Å². The molecular weight excluding hydrogens is 435 g/mol. The van der Waals surface area contributed by atoms with Gasteiger partial charge in [0.05, 0.1) is 23.4 Å². The lowest BCUT2D eigenvalue weighted by molar-refractivity contribution is 0.470. The van der Waals surface area contributed by atoms with Gasteiger partial charge >= 0.3 is 0 Å². The second-order valence-corrected chi connectivity index (χ2v) is 6.64. The van der Waals surface area contributed by atoms with Crippen LogP contribution in [0.4, 0.5) is 0 Å². The highest BCUT2D eigenvalue weighted by Crippen LogP contribution is 2.10. The van der Waals surface area contributed by atoms with Gasteiger partial charge in [0.25, 0.3) is 0 Å². The van der Waals surface area contributed by atoms with Gasteiger partial charge in [-0.05, 0) is 32.3 Å². The summed E-state index contributed by atoms with van der Waals surface area (Å²) >= 11 is 1.69. The number of halogens is 1. The standard InChI is InChI=1S/C16H26N6S.HI/c1-5-17-16(21(3)11-15-12-23-13(2)20-15)18-8-6-7-14-9-19-22(4)10-14;/h9-10,12H,5-8,11H2,1-4H3,(H,17,18);1H. The van der Waals surface area contributed by atoms with E-state index in [1.54, 1.807) is 11.3 Å². The molecule has 0 aromatic carbocycles. The molecule has 0 saturated heterocycles. The van der Waals surface area contributed by atoms with Gasteiger partial charge in [-0.15, -0.1) is 35.3 Å². The number of thiazole rings is 1. The first-order valence-corrected chi connectivity index (χ1v) is 8.84. The number of hydrogen-bond acceptors (Lipinski definition) is 4. The number of rotatable bonds is 7. The van der Waals surface area contributed by atoms with Crippen LogP contribution in [0, 0.1) is 6.92 Å². The molecule has 0 radical (unpaired) electrons. The maximum absolute atomic E-state index is 4.72. The van der Waals surface area contributed by atoms with Gasteiger partial charge in [0.1, 0.15) is 0 Å². The predicted molar refractivity (Wildman–Crippen MR) is 111 cm³/mol. The minimum Gasteiger partial charge on any atom is -0.357 e. The quantitative estimate of drug-likeness (QED) is 0.298. The number of aryl methyl sites for hydroxylation is 3. The molecule has 0 saturated carbocycles. The van der Waals surface area contributed by atoms with Crippen LogP contribution in [0.2, 0.25) is 0 Å². The molecule has 0 aliphatic heterocycles. The van der Waals surface area contributed by atoms with Crippen molar-refractivity contribution in [1.82, 2.24) is 25.0 Å². The SMILES string of the molecule is CCNC(=NCCCc1cnn(C)c1)N(C)Cc1csc(C)n1.I. The van der Waals surface area contributed by atoms with Crippen LogP contribution in [0.15, 0.2) is 22.8 Å². The average molecular weight is 462 g/mol. The van der Waals surface area contributed by atoms with Crippen LogP contribution in [0.5, 0.6) is 0 Å². The molecule has 0 fully saturated rings. The molecule has 2 aromatic rings. The molecule has 0 aliphatic carbocycles. The summed E-state index contributed by atoms with van der Waals surface area (Å²) in [5.74, 6) is 0.935. The third-order valence-corrected chi connectivity index (χ3v) is 4.23. The van der Waals surface area contributed by atoms with Crippen molar-refractivity contribution < 1.29 is 0 Å². The van der Waals surface area contributed by atoms with E-state index in [1.165, 1.54) is 5.56 Å². The highest BCUT2D eigenvalue weighted by atomic mass is 127. The van der Waals surface area contributed by atoms with Crippen LogP contribution in [0.3, 0.4) is 0 Å². The maximum atomic E-state index is 4.72. The van der Waals surface area contributed by atoms with Crippen molar-refractivity contribution in [3.05, 3.63) is 34.0 Å². The molecule has 0 amide bonds. The molecule has 2 heterocycles. The van der Waals surface area contributed by atoms with E-state index < -0.39 is 0 Å². The zero-order chi connectivity index (χ0) is 16.7. The smallest absolute Gasteiger partial charge is 0.194 e. The van der Waals surface area contributed by atoms with E-state index in [9.17, 15) is 0 Å². The first-order valence-electron chi connectivity index (χ1n) is 7.96. The molecule has 0 bridgehead atoms. The first-order chi connectivity index (χ1) is 11.1. The minimum absolute atomic E-state index is 0. The van der Waals surface area contributed by atoms with Gasteiger partial charge in [0, 0.05) is 38.8 Å². The highest BCUT2D eigenvalue weighted by Gasteiger charge is 2.08. The Bertz CT molecular complexity index is 636. The summed E-state index contributed by atoms with van der Waals surface area (Å²) in [6.07, 6.45) is 6.01. The molecule has 2 aromatic heterocycles. The van der Waals surface area contributed by atoms with Crippen LogP contribution in [-0.4, -0.2) is 45.8 Å². The Kier molecular flexibility index (Phi) is 9.27. The fraction of sp³-hybridized carbons (Fsp3) is 0.562. The topological polar surface area (TPSA) is 58.3 Å². The molecular formula is C16H27IN6S. The van der Waals surface area contributed by atoms with E-state index in [4.69, 9.17) is 4.99 Å². The van der Waals surface area contributed by atoms with Crippen molar-refractivity contribution in [1.29, 1.82) is 0 Å². The number of hydrogen-bond donors (Lipinski definition) is 1. The third-order valence-electron chi connectivity index (χ3n) is 3.41. The molecule has 2 rings (SSSR count). The summed E-state index contributed by atoms with van der Waals surface area (Å²) in [6, 6.07) is 0.